The predicted octanol–water partition coefficient (Wildman–Crippen LogP) is 2.57. The number of thiophene rings is 1. The molecule has 0 aromatic carbocycles. The Bertz CT molecular complexity index is 520. The highest BCUT2D eigenvalue weighted by molar-refractivity contribution is 7.19. The van der Waals surface area contributed by atoms with E-state index in [9.17, 15) is 5.11 Å². The van der Waals surface area contributed by atoms with Crippen LogP contribution in [0.3, 0.4) is 0 Å². The van der Waals surface area contributed by atoms with Gasteiger partial charge in [-0.25, -0.2) is 4.98 Å². The molecule has 0 radical (unpaired) electrons. The zero-order valence-corrected chi connectivity index (χ0v) is 10.1. The lowest BCUT2D eigenvalue weighted by Crippen LogP contribution is -2.23. The van der Waals surface area contributed by atoms with Crippen LogP contribution in [0.2, 0.25) is 4.34 Å². The van der Waals surface area contributed by atoms with Gasteiger partial charge in [0.05, 0.1) is 21.0 Å². The van der Waals surface area contributed by atoms with E-state index in [-0.39, 0.29) is 6.10 Å². The normalized spacial score (nSPS) is 19.8. The summed E-state index contributed by atoms with van der Waals surface area (Å²) in [6.07, 6.45) is 3.42. The smallest absolute Gasteiger partial charge is 0.109 e. The number of halogens is 1. The third-order valence-electron chi connectivity index (χ3n) is 2.79. The van der Waals surface area contributed by atoms with Crippen LogP contribution in [0.15, 0.2) is 18.3 Å². The molecule has 1 atom stereocenters. The molecule has 1 unspecified atom stereocenters. The van der Waals surface area contributed by atoms with Gasteiger partial charge in [0.1, 0.15) is 5.82 Å². The molecule has 3 rings (SSSR count). The summed E-state index contributed by atoms with van der Waals surface area (Å²) in [5, 5.41) is 9.57. The van der Waals surface area contributed by atoms with Crippen molar-refractivity contribution in [2.24, 2.45) is 0 Å². The zero-order valence-electron chi connectivity index (χ0n) is 8.56. The Kier molecular flexibility index (Phi) is 2.50. The monoisotopic (exact) mass is 254 g/mol. The number of aryl methyl sites for hydroxylation is 1. The van der Waals surface area contributed by atoms with Crippen LogP contribution in [-0.2, 0) is 13.0 Å². The third kappa shape index (κ3) is 1.77. The van der Waals surface area contributed by atoms with Crippen molar-refractivity contribution in [2.75, 3.05) is 0 Å². The van der Waals surface area contributed by atoms with E-state index >= 15 is 0 Å². The standard InChI is InChI=1S/C11H11ClN2OS/c12-10-3-2-9(16-10)8-6-14-5-7(15)1-4-11(14)13-8/h2-3,6-7,15H,1,4-5H2. The molecular formula is C11H11ClN2OS. The molecule has 1 aliphatic heterocycles. The average Bonchev–Trinajstić information content (AvgIpc) is 2.83. The van der Waals surface area contributed by atoms with Crippen molar-refractivity contribution in [2.45, 2.75) is 25.5 Å². The summed E-state index contributed by atoms with van der Waals surface area (Å²) in [7, 11) is 0. The van der Waals surface area contributed by atoms with E-state index < -0.39 is 0 Å². The number of aromatic nitrogens is 2. The second-order valence-electron chi connectivity index (χ2n) is 3.99. The first-order valence-corrected chi connectivity index (χ1v) is 6.41. The van der Waals surface area contributed by atoms with Gasteiger partial charge in [0.2, 0.25) is 0 Å². The number of hydrogen-bond donors (Lipinski definition) is 1. The lowest BCUT2D eigenvalue weighted by atomic mass is 10.1. The minimum Gasteiger partial charge on any atom is -0.391 e. The number of rotatable bonds is 1. The molecule has 0 saturated heterocycles. The maximum Gasteiger partial charge on any atom is 0.109 e. The molecule has 0 spiro atoms. The molecule has 1 N–H and O–H groups in total. The van der Waals surface area contributed by atoms with E-state index in [4.69, 9.17) is 11.6 Å². The highest BCUT2D eigenvalue weighted by Crippen LogP contribution is 2.31. The SMILES string of the molecule is OC1CCc2nc(-c3ccc(Cl)s3)cn2C1. The van der Waals surface area contributed by atoms with Gasteiger partial charge in [0.25, 0.3) is 0 Å². The van der Waals surface area contributed by atoms with Gasteiger partial charge < -0.3 is 9.67 Å². The van der Waals surface area contributed by atoms with E-state index in [2.05, 4.69) is 4.98 Å². The molecule has 2 aromatic rings. The van der Waals surface area contributed by atoms with E-state index in [1.807, 2.05) is 22.9 Å². The summed E-state index contributed by atoms with van der Waals surface area (Å²) in [6.45, 7) is 0.654. The lowest BCUT2D eigenvalue weighted by Gasteiger charge is -2.18. The van der Waals surface area contributed by atoms with Gasteiger partial charge in [0.15, 0.2) is 0 Å². The first kappa shape index (κ1) is 10.3. The fraction of sp³-hybridized carbons (Fsp3) is 0.364. The van der Waals surface area contributed by atoms with Crippen molar-refractivity contribution >= 4 is 22.9 Å². The molecule has 84 valence electrons. The van der Waals surface area contributed by atoms with Crippen LogP contribution < -0.4 is 0 Å². The number of fused-ring (bicyclic) bond motifs is 1. The Morgan fingerprint density at radius 2 is 2.38 bits per heavy atom. The summed E-state index contributed by atoms with van der Waals surface area (Å²) in [5.74, 6) is 1.06. The fourth-order valence-corrected chi connectivity index (χ4v) is 2.99. The summed E-state index contributed by atoms with van der Waals surface area (Å²) in [4.78, 5) is 5.66. The lowest BCUT2D eigenvalue weighted by molar-refractivity contribution is 0.130. The minimum atomic E-state index is -0.235. The highest BCUT2D eigenvalue weighted by atomic mass is 35.5. The second kappa shape index (κ2) is 3.87. The van der Waals surface area contributed by atoms with Crippen LogP contribution in [0.25, 0.3) is 10.6 Å². The summed E-state index contributed by atoms with van der Waals surface area (Å²) >= 11 is 7.44. The number of hydrogen-bond acceptors (Lipinski definition) is 3. The Balaban J connectivity index is 1.98. The van der Waals surface area contributed by atoms with Gasteiger partial charge in [-0.2, -0.15) is 0 Å². The van der Waals surface area contributed by atoms with Gasteiger partial charge in [-0.05, 0) is 18.6 Å². The molecule has 0 amide bonds. The highest BCUT2D eigenvalue weighted by Gasteiger charge is 2.19. The van der Waals surface area contributed by atoms with Crippen molar-refractivity contribution in [1.82, 2.24) is 9.55 Å². The van der Waals surface area contributed by atoms with Crippen molar-refractivity contribution in [3.63, 3.8) is 0 Å². The van der Waals surface area contributed by atoms with Crippen molar-refractivity contribution in [1.29, 1.82) is 0 Å². The topological polar surface area (TPSA) is 38.1 Å². The van der Waals surface area contributed by atoms with Crippen LogP contribution in [0.1, 0.15) is 12.2 Å². The molecule has 0 aliphatic carbocycles. The number of aliphatic hydroxyl groups is 1. The maximum absolute atomic E-state index is 9.57. The molecule has 3 nitrogen and oxygen atoms in total. The second-order valence-corrected chi connectivity index (χ2v) is 5.71. The van der Waals surface area contributed by atoms with Gasteiger partial charge in [0, 0.05) is 19.2 Å². The fourth-order valence-electron chi connectivity index (χ4n) is 2.00. The van der Waals surface area contributed by atoms with Crippen LogP contribution in [0.4, 0.5) is 0 Å². The Morgan fingerprint density at radius 1 is 1.50 bits per heavy atom. The maximum atomic E-state index is 9.57. The first-order valence-electron chi connectivity index (χ1n) is 5.22. The molecule has 0 bridgehead atoms. The van der Waals surface area contributed by atoms with Gasteiger partial charge in [-0.15, -0.1) is 11.3 Å². The van der Waals surface area contributed by atoms with Gasteiger partial charge >= 0.3 is 0 Å². The van der Waals surface area contributed by atoms with E-state index in [0.29, 0.717) is 6.54 Å². The van der Waals surface area contributed by atoms with Crippen molar-refractivity contribution in [3.05, 3.63) is 28.5 Å². The number of nitrogens with zero attached hydrogens (tertiary/aromatic N) is 2. The van der Waals surface area contributed by atoms with E-state index in [0.717, 1.165) is 33.6 Å². The molecule has 0 saturated carbocycles. The van der Waals surface area contributed by atoms with Crippen LogP contribution >= 0.6 is 22.9 Å². The largest absolute Gasteiger partial charge is 0.391 e. The molecule has 1 aliphatic rings. The molecule has 2 aromatic heterocycles. The predicted molar refractivity (Wildman–Crippen MR) is 64.9 cm³/mol. The molecule has 3 heterocycles. The zero-order chi connectivity index (χ0) is 11.1. The molecule has 16 heavy (non-hydrogen) atoms. The van der Waals surface area contributed by atoms with E-state index in [1.165, 1.54) is 11.3 Å². The van der Waals surface area contributed by atoms with Crippen molar-refractivity contribution < 1.29 is 5.11 Å². The molecular weight excluding hydrogens is 244 g/mol. The Hall–Kier alpha value is -0.840. The van der Waals surface area contributed by atoms with Crippen LogP contribution in [0.5, 0.6) is 0 Å². The molecule has 0 fully saturated rings. The average molecular weight is 255 g/mol. The number of aliphatic hydroxyl groups excluding tert-OH is 1. The van der Waals surface area contributed by atoms with Crippen LogP contribution in [-0.4, -0.2) is 20.8 Å². The summed E-state index contributed by atoms with van der Waals surface area (Å²) < 4.78 is 2.82. The van der Waals surface area contributed by atoms with Crippen molar-refractivity contribution in [3.8, 4) is 10.6 Å². The minimum absolute atomic E-state index is 0.235. The molecule has 5 heteroatoms. The van der Waals surface area contributed by atoms with Crippen LogP contribution in [0, 0.1) is 0 Å². The summed E-state index contributed by atoms with van der Waals surface area (Å²) in [5.41, 5.74) is 0.959. The van der Waals surface area contributed by atoms with E-state index in [1.54, 1.807) is 0 Å². The van der Waals surface area contributed by atoms with Gasteiger partial charge in [-0.1, -0.05) is 11.6 Å². The summed E-state index contributed by atoms with van der Waals surface area (Å²) in [6, 6.07) is 3.87. The number of imidazole rings is 1. The first-order chi connectivity index (χ1) is 7.72. The Morgan fingerprint density at radius 3 is 3.12 bits per heavy atom. The third-order valence-corrected chi connectivity index (χ3v) is 4.05. The Labute approximate surface area is 102 Å². The van der Waals surface area contributed by atoms with Gasteiger partial charge in [-0.3, -0.25) is 0 Å². The quantitative estimate of drug-likeness (QED) is 0.850.